The van der Waals surface area contributed by atoms with E-state index < -0.39 is 5.97 Å². The van der Waals surface area contributed by atoms with Gasteiger partial charge in [-0.3, -0.25) is 4.68 Å². The van der Waals surface area contributed by atoms with Gasteiger partial charge in [0.25, 0.3) is 0 Å². The van der Waals surface area contributed by atoms with Crippen molar-refractivity contribution in [3.63, 3.8) is 0 Å². The molecule has 19 heavy (non-hydrogen) atoms. The summed E-state index contributed by atoms with van der Waals surface area (Å²) in [5.74, 6) is 2.49. The highest BCUT2D eigenvalue weighted by atomic mass is 16.4. The molecule has 0 saturated heterocycles. The minimum absolute atomic E-state index is 0.369. The lowest BCUT2D eigenvalue weighted by molar-refractivity contribution is -0.0344. The lowest BCUT2D eigenvalue weighted by Gasteiger charge is -2.54. The van der Waals surface area contributed by atoms with Crippen LogP contribution in [0.25, 0.3) is 0 Å². The molecule has 102 valence electrons. The fourth-order valence-electron chi connectivity index (χ4n) is 5.23. The molecule has 0 spiro atoms. The lowest BCUT2D eigenvalue weighted by atomic mass is 9.54. The molecule has 0 unspecified atom stereocenters. The van der Waals surface area contributed by atoms with Crippen LogP contribution in [0.1, 0.15) is 54.2 Å². The van der Waals surface area contributed by atoms with Gasteiger partial charge < -0.3 is 5.11 Å². The zero-order valence-corrected chi connectivity index (χ0v) is 11.2. The molecule has 0 amide bonds. The minimum atomic E-state index is -0.854. The van der Waals surface area contributed by atoms with E-state index in [0.717, 1.165) is 29.4 Å². The largest absolute Gasteiger partial charge is 0.478 e. The molecule has 4 nitrogen and oxygen atoms in total. The van der Waals surface area contributed by atoms with E-state index in [1.54, 1.807) is 0 Å². The van der Waals surface area contributed by atoms with E-state index in [1.165, 1.54) is 38.3 Å². The fraction of sp³-hybridized carbons (Fsp3) is 0.733. The van der Waals surface area contributed by atoms with E-state index in [-0.39, 0.29) is 0 Å². The van der Waals surface area contributed by atoms with E-state index in [9.17, 15) is 9.90 Å². The van der Waals surface area contributed by atoms with Gasteiger partial charge in [-0.05, 0) is 62.7 Å². The Morgan fingerprint density at radius 3 is 2.26 bits per heavy atom. The maximum atomic E-state index is 11.2. The summed E-state index contributed by atoms with van der Waals surface area (Å²) >= 11 is 0. The third-order valence-corrected chi connectivity index (χ3v) is 5.73. The predicted octanol–water partition coefficient (Wildman–Crippen LogP) is 2.89. The van der Waals surface area contributed by atoms with Gasteiger partial charge in [-0.1, -0.05) is 0 Å². The van der Waals surface area contributed by atoms with E-state index in [0.29, 0.717) is 11.6 Å². The number of carboxylic acid groups (broad SMARTS) is 1. The van der Waals surface area contributed by atoms with Gasteiger partial charge in [0, 0.05) is 0 Å². The van der Waals surface area contributed by atoms with Crippen LogP contribution < -0.4 is 0 Å². The third kappa shape index (κ3) is 1.58. The van der Waals surface area contributed by atoms with Crippen molar-refractivity contribution >= 4 is 5.97 Å². The molecule has 0 aliphatic heterocycles. The molecule has 4 bridgehead atoms. The molecule has 4 fully saturated rings. The van der Waals surface area contributed by atoms with Crippen molar-refractivity contribution in [3.05, 3.63) is 17.5 Å². The molecule has 4 aliphatic rings. The first kappa shape index (κ1) is 11.5. The second kappa shape index (κ2) is 3.84. The van der Waals surface area contributed by atoms with Gasteiger partial charge in [-0.15, -0.1) is 0 Å². The van der Waals surface area contributed by atoms with Crippen molar-refractivity contribution in [1.82, 2.24) is 9.78 Å². The van der Waals surface area contributed by atoms with Crippen molar-refractivity contribution in [2.75, 3.05) is 0 Å². The first-order valence-electron chi connectivity index (χ1n) is 7.41. The predicted molar refractivity (Wildman–Crippen MR) is 70.0 cm³/mol. The van der Waals surface area contributed by atoms with Crippen LogP contribution in [0.5, 0.6) is 0 Å². The quantitative estimate of drug-likeness (QED) is 0.889. The van der Waals surface area contributed by atoms with Crippen LogP contribution in [-0.2, 0) is 0 Å². The second-order valence-electron chi connectivity index (χ2n) is 6.81. The van der Waals surface area contributed by atoms with Gasteiger partial charge >= 0.3 is 5.97 Å². The van der Waals surface area contributed by atoms with Crippen LogP contribution >= 0.6 is 0 Å². The average Bonchev–Trinajstić information content (AvgIpc) is 2.70. The van der Waals surface area contributed by atoms with Crippen molar-refractivity contribution in [3.8, 4) is 0 Å². The molecule has 0 radical (unpaired) electrons. The SMILES string of the molecule is Cc1c(C(=O)O)cnn1C1C2CC3CC(C2)CC1C3. The number of aromatic nitrogens is 2. The van der Waals surface area contributed by atoms with Crippen molar-refractivity contribution in [1.29, 1.82) is 0 Å². The standard InChI is InChI=1S/C15H20N2O2/c1-8-13(15(18)19)7-16-17(8)14-11-3-9-2-10(5-11)6-12(14)4-9/h7,9-12,14H,2-6H2,1H3,(H,18,19). The number of hydrogen-bond acceptors (Lipinski definition) is 2. The van der Waals surface area contributed by atoms with E-state index in [2.05, 4.69) is 5.10 Å². The van der Waals surface area contributed by atoms with Crippen molar-refractivity contribution in [2.45, 2.75) is 45.1 Å². The Labute approximate surface area is 112 Å². The molecule has 1 aromatic heterocycles. The molecule has 4 heteroatoms. The van der Waals surface area contributed by atoms with Gasteiger partial charge in [0.05, 0.1) is 17.9 Å². The molecule has 5 rings (SSSR count). The third-order valence-electron chi connectivity index (χ3n) is 5.73. The summed E-state index contributed by atoms with van der Waals surface area (Å²) in [5, 5.41) is 13.6. The highest BCUT2D eigenvalue weighted by molar-refractivity contribution is 5.88. The van der Waals surface area contributed by atoms with Gasteiger partial charge in [0.1, 0.15) is 5.56 Å². The minimum Gasteiger partial charge on any atom is -0.478 e. The Hall–Kier alpha value is -1.32. The zero-order chi connectivity index (χ0) is 13.1. The van der Waals surface area contributed by atoms with Gasteiger partial charge in [0.15, 0.2) is 0 Å². The Balaban J connectivity index is 1.71. The Kier molecular flexibility index (Phi) is 2.32. The second-order valence-corrected chi connectivity index (χ2v) is 6.81. The summed E-state index contributed by atoms with van der Waals surface area (Å²) in [5.41, 5.74) is 1.21. The summed E-state index contributed by atoms with van der Waals surface area (Å²) in [6, 6.07) is 0.459. The normalized spacial score (nSPS) is 39.7. The maximum Gasteiger partial charge on any atom is 0.339 e. The van der Waals surface area contributed by atoms with Crippen molar-refractivity contribution in [2.24, 2.45) is 23.7 Å². The topological polar surface area (TPSA) is 55.1 Å². The highest BCUT2D eigenvalue weighted by Gasteiger charge is 2.49. The number of rotatable bonds is 2. The molecule has 0 atom stereocenters. The number of carboxylic acids is 1. The molecular weight excluding hydrogens is 240 g/mol. The molecule has 1 aromatic rings. The van der Waals surface area contributed by atoms with Crippen LogP contribution in [0.3, 0.4) is 0 Å². The Morgan fingerprint density at radius 2 is 1.79 bits per heavy atom. The van der Waals surface area contributed by atoms with Gasteiger partial charge in [-0.2, -0.15) is 5.10 Å². The maximum absolute atomic E-state index is 11.2. The van der Waals surface area contributed by atoms with Crippen LogP contribution in [0.2, 0.25) is 0 Å². The van der Waals surface area contributed by atoms with E-state index >= 15 is 0 Å². The molecule has 0 aromatic carbocycles. The number of carbonyl (C=O) groups is 1. The Bertz CT molecular complexity index is 506. The summed E-state index contributed by atoms with van der Waals surface area (Å²) in [6.45, 7) is 1.90. The summed E-state index contributed by atoms with van der Waals surface area (Å²) in [7, 11) is 0. The van der Waals surface area contributed by atoms with Crippen LogP contribution in [0.4, 0.5) is 0 Å². The molecule has 1 heterocycles. The fourth-order valence-corrected chi connectivity index (χ4v) is 5.23. The van der Waals surface area contributed by atoms with E-state index in [4.69, 9.17) is 0 Å². The molecule has 4 saturated carbocycles. The summed E-state index contributed by atoms with van der Waals surface area (Å²) in [6.07, 6.45) is 8.30. The van der Waals surface area contributed by atoms with Gasteiger partial charge in [0.2, 0.25) is 0 Å². The van der Waals surface area contributed by atoms with Crippen LogP contribution in [-0.4, -0.2) is 20.9 Å². The number of nitrogens with zero attached hydrogens (tertiary/aromatic N) is 2. The first-order valence-corrected chi connectivity index (χ1v) is 7.41. The van der Waals surface area contributed by atoms with Gasteiger partial charge in [-0.25, -0.2) is 4.79 Å². The molecule has 1 N–H and O–H groups in total. The number of hydrogen-bond donors (Lipinski definition) is 1. The average molecular weight is 260 g/mol. The smallest absolute Gasteiger partial charge is 0.339 e. The van der Waals surface area contributed by atoms with Crippen LogP contribution in [0.15, 0.2) is 6.20 Å². The summed E-state index contributed by atoms with van der Waals surface area (Å²) in [4.78, 5) is 11.2. The Morgan fingerprint density at radius 1 is 1.21 bits per heavy atom. The summed E-state index contributed by atoms with van der Waals surface area (Å²) < 4.78 is 2.04. The lowest BCUT2D eigenvalue weighted by Crippen LogP contribution is -2.46. The van der Waals surface area contributed by atoms with Crippen LogP contribution in [0, 0.1) is 30.6 Å². The van der Waals surface area contributed by atoms with Crippen molar-refractivity contribution < 1.29 is 9.90 Å². The monoisotopic (exact) mass is 260 g/mol. The molecule has 4 aliphatic carbocycles. The van der Waals surface area contributed by atoms with E-state index in [1.807, 2.05) is 11.6 Å². The first-order chi connectivity index (χ1) is 9.13. The molecular formula is C15H20N2O2. The number of aromatic carboxylic acids is 1. The highest BCUT2D eigenvalue weighted by Crippen LogP contribution is 2.58. The zero-order valence-electron chi connectivity index (χ0n) is 11.2.